The van der Waals surface area contributed by atoms with Crippen LogP contribution in [0, 0.1) is 6.92 Å². The number of fused-ring (bicyclic) bond motifs is 1. The number of hydrogen-bond acceptors (Lipinski definition) is 4. The van der Waals surface area contributed by atoms with Gasteiger partial charge in [0.05, 0.1) is 11.4 Å². The molecule has 0 fully saturated rings. The normalized spacial score (nSPS) is 11.2. The third kappa shape index (κ3) is 2.14. The van der Waals surface area contributed by atoms with Gasteiger partial charge in [0.2, 0.25) is 0 Å². The van der Waals surface area contributed by atoms with Gasteiger partial charge in [0, 0.05) is 37.1 Å². The van der Waals surface area contributed by atoms with E-state index in [9.17, 15) is 0 Å². The molecule has 4 nitrogen and oxygen atoms in total. The highest BCUT2D eigenvalue weighted by Crippen LogP contribution is 2.16. The molecule has 0 amide bonds. The molecule has 0 aliphatic carbocycles. The minimum Gasteiger partial charge on any atom is -0.307 e. The number of imidazole rings is 1. The number of nitrogens with one attached hydrogen (secondary N) is 1. The van der Waals surface area contributed by atoms with Crippen LogP contribution in [0.2, 0.25) is 0 Å². The Bertz CT molecular complexity index is 641. The summed E-state index contributed by atoms with van der Waals surface area (Å²) < 4.78 is 2.15. The van der Waals surface area contributed by atoms with Crippen LogP contribution in [-0.2, 0) is 13.1 Å². The van der Waals surface area contributed by atoms with Crippen LogP contribution in [0.1, 0.15) is 17.0 Å². The van der Waals surface area contributed by atoms with Crippen LogP contribution in [0.3, 0.4) is 0 Å². The molecule has 3 aromatic heterocycles. The Morgan fingerprint density at radius 3 is 3.17 bits per heavy atom. The van der Waals surface area contributed by atoms with E-state index < -0.39 is 0 Å². The Kier molecular flexibility index (Phi) is 3.08. The van der Waals surface area contributed by atoms with E-state index in [0.29, 0.717) is 0 Å². The van der Waals surface area contributed by atoms with Crippen molar-refractivity contribution in [2.24, 2.45) is 0 Å². The SMILES string of the molecule is Cc1nc2sccn2c1CNCc1cccnc1. The highest BCUT2D eigenvalue weighted by molar-refractivity contribution is 7.15. The third-order valence-corrected chi connectivity index (χ3v) is 3.66. The van der Waals surface area contributed by atoms with Gasteiger partial charge in [-0.15, -0.1) is 11.3 Å². The van der Waals surface area contributed by atoms with E-state index in [0.717, 1.165) is 23.7 Å². The second-order valence-electron chi connectivity index (χ2n) is 4.16. The molecule has 0 atom stereocenters. The Hall–Kier alpha value is -1.72. The quantitative estimate of drug-likeness (QED) is 0.781. The maximum absolute atomic E-state index is 4.53. The van der Waals surface area contributed by atoms with E-state index in [1.54, 1.807) is 17.5 Å². The van der Waals surface area contributed by atoms with Crippen molar-refractivity contribution in [3.63, 3.8) is 0 Å². The van der Waals surface area contributed by atoms with Crippen molar-refractivity contribution in [3.05, 3.63) is 53.1 Å². The van der Waals surface area contributed by atoms with Gasteiger partial charge in [-0.3, -0.25) is 9.38 Å². The summed E-state index contributed by atoms with van der Waals surface area (Å²) in [7, 11) is 0. The smallest absolute Gasteiger partial charge is 0.194 e. The second-order valence-corrected chi connectivity index (χ2v) is 5.04. The van der Waals surface area contributed by atoms with E-state index in [1.807, 2.05) is 12.3 Å². The summed E-state index contributed by atoms with van der Waals surface area (Å²) in [6.45, 7) is 3.70. The first kappa shape index (κ1) is 11.4. The van der Waals surface area contributed by atoms with Crippen molar-refractivity contribution < 1.29 is 0 Å². The van der Waals surface area contributed by atoms with Crippen LogP contribution >= 0.6 is 11.3 Å². The van der Waals surface area contributed by atoms with E-state index >= 15 is 0 Å². The van der Waals surface area contributed by atoms with Crippen molar-refractivity contribution in [1.82, 2.24) is 19.7 Å². The number of thiazole rings is 1. The Morgan fingerprint density at radius 1 is 1.39 bits per heavy atom. The fourth-order valence-electron chi connectivity index (χ4n) is 1.98. The van der Waals surface area contributed by atoms with E-state index in [4.69, 9.17) is 0 Å². The standard InChI is InChI=1S/C13H14N4S/c1-10-12(17-5-6-18-13(17)16-10)9-15-8-11-3-2-4-14-7-11/h2-7,15H,8-9H2,1H3. The molecule has 1 N–H and O–H groups in total. The minimum absolute atomic E-state index is 0.818. The molecular formula is C13H14N4S. The first-order chi connectivity index (χ1) is 8.84. The predicted molar refractivity (Wildman–Crippen MR) is 72.6 cm³/mol. The van der Waals surface area contributed by atoms with Crippen molar-refractivity contribution in [1.29, 1.82) is 0 Å². The first-order valence-electron chi connectivity index (χ1n) is 5.85. The third-order valence-electron chi connectivity index (χ3n) is 2.91. The molecule has 92 valence electrons. The first-order valence-corrected chi connectivity index (χ1v) is 6.73. The van der Waals surface area contributed by atoms with Gasteiger partial charge in [-0.1, -0.05) is 6.07 Å². The van der Waals surface area contributed by atoms with Crippen LogP contribution in [-0.4, -0.2) is 14.4 Å². The molecule has 0 bridgehead atoms. The van der Waals surface area contributed by atoms with Gasteiger partial charge in [0.25, 0.3) is 0 Å². The fourth-order valence-corrected chi connectivity index (χ4v) is 2.76. The van der Waals surface area contributed by atoms with Crippen molar-refractivity contribution in [3.8, 4) is 0 Å². The lowest BCUT2D eigenvalue weighted by Gasteiger charge is -2.04. The number of nitrogens with zero attached hydrogens (tertiary/aromatic N) is 3. The zero-order valence-corrected chi connectivity index (χ0v) is 10.9. The van der Waals surface area contributed by atoms with Crippen molar-refractivity contribution in [2.45, 2.75) is 20.0 Å². The average Bonchev–Trinajstić information content (AvgIpc) is 2.93. The molecule has 0 aromatic carbocycles. The van der Waals surface area contributed by atoms with Gasteiger partial charge in [-0.25, -0.2) is 4.98 Å². The summed E-state index contributed by atoms with van der Waals surface area (Å²) in [6, 6.07) is 4.03. The molecule has 0 aliphatic heterocycles. The van der Waals surface area contributed by atoms with Crippen LogP contribution < -0.4 is 5.32 Å². The van der Waals surface area contributed by atoms with Gasteiger partial charge < -0.3 is 5.32 Å². The summed E-state index contributed by atoms with van der Waals surface area (Å²) in [5.74, 6) is 0. The van der Waals surface area contributed by atoms with Crippen LogP contribution in [0.4, 0.5) is 0 Å². The molecule has 3 rings (SSSR count). The number of aryl methyl sites for hydroxylation is 1. The topological polar surface area (TPSA) is 42.2 Å². The molecule has 0 spiro atoms. The van der Waals surface area contributed by atoms with E-state index in [2.05, 4.69) is 44.3 Å². The Morgan fingerprint density at radius 2 is 2.33 bits per heavy atom. The monoisotopic (exact) mass is 258 g/mol. The molecule has 0 unspecified atom stereocenters. The van der Waals surface area contributed by atoms with Gasteiger partial charge in [0.15, 0.2) is 4.96 Å². The van der Waals surface area contributed by atoms with Crippen LogP contribution in [0.25, 0.3) is 4.96 Å². The maximum atomic E-state index is 4.53. The Labute approximate surface area is 109 Å². The summed E-state index contributed by atoms with van der Waals surface area (Å²) >= 11 is 1.67. The minimum atomic E-state index is 0.818. The molecule has 3 aromatic rings. The average molecular weight is 258 g/mol. The fraction of sp³-hybridized carbons (Fsp3) is 0.231. The van der Waals surface area contributed by atoms with Gasteiger partial charge >= 0.3 is 0 Å². The number of hydrogen-bond donors (Lipinski definition) is 1. The largest absolute Gasteiger partial charge is 0.307 e. The highest BCUT2D eigenvalue weighted by Gasteiger charge is 2.08. The lowest BCUT2D eigenvalue weighted by Crippen LogP contribution is -2.14. The molecule has 0 aliphatic rings. The molecule has 0 saturated heterocycles. The molecule has 0 saturated carbocycles. The number of aromatic nitrogens is 3. The number of rotatable bonds is 4. The lowest BCUT2D eigenvalue weighted by atomic mass is 10.3. The van der Waals surface area contributed by atoms with Crippen LogP contribution in [0.5, 0.6) is 0 Å². The Balaban J connectivity index is 1.70. The van der Waals surface area contributed by atoms with E-state index in [-0.39, 0.29) is 0 Å². The zero-order chi connectivity index (χ0) is 12.4. The molecular weight excluding hydrogens is 244 g/mol. The summed E-state index contributed by atoms with van der Waals surface area (Å²) in [5.41, 5.74) is 3.52. The second kappa shape index (κ2) is 4.88. The number of pyridine rings is 1. The van der Waals surface area contributed by atoms with Gasteiger partial charge in [-0.05, 0) is 18.6 Å². The molecule has 0 radical (unpaired) electrons. The lowest BCUT2D eigenvalue weighted by molar-refractivity contribution is 0.671. The van der Waals surface area contributed by atoms with Crippen LogP contribution in [0.15, 0.2) is 36.1 Å². The van der Waals surface area contributed by atoms with Gasteiger partial charge in [0.1, 0.15) is 0 Å². The van der Waals surface area contributed by atoms with Crippen molar-refractivity contribution >= 4 is 16.3 Å². The van der Waals surface area contributed by atoms with Gasteiger partial charge in [-0.2, -0.15) is 0 Å². The summed E-state index contributed by atoms with van der Waals surface area (Å²) in [6.07, 6.45) is 5.75. The maximum Gasteiger partial charge on any atom is 0.194 e. The summed E-state index contributed by atoms with van der Waals surface area (Å²) in [4.78, 5) is 9.69. The predicted octanol–water partition coefficient (Wildman–Crippen LogP) is 2.39. The molecule has 18 heavy (non-hydrogen) atoms. The van der Waals surface area contributed by atoms with E-state index in [1.165, 1.54) is 11.3 Å². The highest BCUT2D eigenvalue weighted by atomic mass is 32.1. The molecule has 5 heteroatoms. The van der Waals surface area contributed by atoms with Crippen molar-refractivity contribution in [2.75, 3.05) is 0 Å². The molecule has 3 heterocycles. The zero-order valence-electron chi connectivity index (χ0n) is 10.1. The summed E-state index contributed by atoms with van der Waals surface area (Å²) in [5, 5.41) is 5.49.